The maximum atomic E-state index is 13.3. The van der Waals surface area contributed by atoms with Crippen molar-refractivity contribution in [2.75, 3.05) is 4.72 Å². The lowest BCUT2D eigenvalue weighted by Gasteiger charge is -2.19. The van der Waals surface area contributed by atoms with Crippen LogP contribution in [0.3, 0.4) is 0 Å². The molecule has 1 aliphatic heterocycles. The predicted octanol–water partition coefficient (Wildman–Crippen LogP) is 4.26. The van der Waals surface area contributed by atoms with Gasteiger partial charge in [0.15, 0.2) is 0 Å². The van der Waals surface area contributed by atoms with E-state index < -0.39 is 15.8 Å². The summed E-state index contributed by atoms with van der Waals surface area (Å²) in [6, 6.07) is 8.18. The summed E-state index contributed by atoms with van der Waals surface area (Å²) in [4.78, 5) is 26.7. The molecular weight excluding hydrogens is 443 g/mol. The van der Waals surface area contributed by atoms with E-state index >= 15 is 0 Å². The van der Waals surface area contributed by atoms with Crippen LogP contribution in [0.1, 0.15) is 36.8 Å². The summed E-state index contributed by atoms with van der Waals surface area (Å²) < 4.78 is 41.6. The van der Waals surface area contributed by atoms with Crippen LogP contribution in [0.25, 0.3) is 0 Å². The number of benzene rings is 2. The van der Waals surface area contributed by atoms with E-state index in [0.717, 1.165) is 37.8 Å². The minimum absolute atomic E-state index is 0.00176. The zero-order valence-corrected chi connectivity index (χ0v) is 18.5. The van der Waals surface area contributed by atoms with Gasteiger partial charge in [0.1, 0.15) is 5.82 Å². The van der Waals surface area contributed by atoms with Gasteiger partial charge in [0.2, 0.25) is 11.8 Å². The number of carbonyl (C=O) groups is 2. The van der Waals surface area contributed by atoms with Crippen molar-refractivity contribution in [2.45, 2.75) is 44.0 Å². The molecular formula is C22H22ClFN2O4S. The van der Waals surface area contributed by atoms with Crippen molar-refractivity contribution in [3.63, 3.8) is 0 Å². The second-order valence-electron chi connectivity index (χ2n) is 8.09. The lowest BCUT2D eigenvalue weighted by Crippen LogP contribution is -2.30. The molecule has 164 valence electrons. The number of hydrogen-bond donors (Lipinski definition) is 1. The van der Waals surface area contributed by atoms with E-state index in [1.54, 1.807) is 19.1 Å². The molecule has 2 unspecified atom stereocenters. The Morgan fingerprint density at radius 1 is 1.06 bits per heavy atom. The average Bonchev–Trinajstić information content (AvgIpc) is 2.96. The van der Waals surface area contributed by atoms with Crippen molar-refractivity contribution < 1.29 is 22.4 Å². The van der Waals surface area contributed by atoms with Gasteiger partial charge in [-0.25, -0.2) is 12.8 Å². The lowest BCUT2D eigenvalue weighted by atomic mass is 9.81. The second-order valence-corrected chi connectivity index (χ2v) is 10.1. The average molecular weight is 465 g/mol. The molecule has 2 aliphatic rings. The SMILES string of the molecule is Cc1ccc(CN2C(=O)C3CCCCC3C2=O)cc1S(=O)(=O)Nc1ccc(F)cc1Cl. The highest BCUT2D eigenvalue weighted by atomic mass is 35.5. The molecule has 2 atom stereocenters. The molecule has 1 aliphatic carbocycles. The first-order chi connectivity index (χ1) is 14.7. The van der Waals surface area contributed by atoms with Gasteiger partial charge in [0, 0.05) is 0 Å². The Bertz CT molecular complexity index is 1140. The molecule has 31 heavy (non-hydrogen) atoms. The van der Waals surface area contributed by atoms with Crippen LogP contribution in [0.15, 0.2) is 41.3 Å². The summed E-state index contributed by atoms with van der Waals surface area (Å²) >= 11 is 5.95. The van der Waals surface area contributed by atoms with Crippen LogP contribution in [0.2, 0.25) is 5.02 Å². The molecule has 1 heterocycles. The summed E-state index contributed by atoms with van der Waals surface area (Å²) in [5, 5.41) is -0.0618. The van der Waals surface area contributed by atoms with E-state index in [2.05, 4.69) is 4.72 Å². The highest BCUT2D eigenvalue weighted by Crippen LogP contribution is 2.38. The van der Waals surface area contributed by atoms with E-state index in [-0.39, 0.29) is 45.8 Å². The number of likely N-dealkylation sites (tertiary alicyclic amines) is 1. The number of hydrogen-bond acceptors (Lipinski definition) is 4. The van der Waals surface area contributed by atoms with Crippen LogP contribution < -0.4 is 4.72 Å². The molecule has 2 aromatic carbocycles. The van der Waals surface area contributed by atoms with E-state index in [4.69, 9.17) is 11.6 Å². The van der Waals surface area contributed by atoms with Crippen LogP contribution in [0, 0.1) is 24.6 Å². The number of carbonyl (C=O) groups excluding carboxylic acids is 2. The molecule has 0 bridgehead atoms. The Hall–Kier alpha value is -2.45. The Morgan fingerprint density at radius 2 is 1.71 bits per heavy atom. The highest BCUT2D eigenvalue weighted by Gasteiger charge is 2.47. The van der Waals surface area contributed by atoms with Gasteiger partial charge in [0.05, 0.1) is 34.0 Å². The first kappa shape index (κ1) is 21.8. The van der Waals surface area contributed by atoms with Crippen LogP contribution in [-0.4, -0.2) is 25.1 Å². The fourth-order valence-corrected chi connectivity index (χ4v) is 6.02. The van der Waals surface area contributed by atoms with Crippen molar-refractivity contribution in [1.29, 1.82) is 0 Å². The molecule has 4 rings (SSSR count). The molecule has 2 fully saturated rings. The third kappa shape index (κ3) is 4.19. The van der Waals surface area contributed by atoms with E-state index in [9.17, 15) is 22.4 Å². The Balaban J connectivity index is 1.60. The summed E-state index contributed by atoms with van der Waals surface area (Å²) in [6.07, 6.45) is 3.33. The van der Waals surface area contributed by atoms with Gasteiger partial charge in [-0.15, -0.1) is 0 Å². The molecule has 2 amide bonds. The van der Waals surface area contributed by atoms with Crippen LogP contribution >= 0.6 is 11.6 Å². The number of amides is 2. The van der Waals surface area contributed by atoms with Crippen molar-refractivity contribution in [3.8, 4) is 0 Å². The third-order valence-corrected chi connectivity index (χ3v) is 7.81. The minimum atomic E-state index is -4.03. The third-order valence-electron chi connectivity index (χ3n) is 5.99. The lowest BCUT2D eigenvalue weighted by molar-refractivity contribution is -0.140. The number of nitrogens with one attached hydrogen (secondary N) is 1. The van der Waals surface area contributed by atoms with Gasteiger partial charge in [-0.2, -0.15) is 0 Å². The van der Waals surface area contributed by atoms with Crippen molar-refractivity contribution in [1.82, 2.24) is 4.90 Å². The molecule has 2 aromatic rings. The van der Waals surface area contributed by atoms with Gasteiger partial charge in [-0.05, 0) is 55.2 Å². The number of imide groups is 1. The molecule has 1 saturated heterocycles. The van der Waals surface area contributed by atoms with Crippen LogP contribution in [0.4, 0.5) is 10.1 Å². The molecule has 0 spiro atoms. The zero-order chi connectivity index (χ0) is 22.3. The summed E-state index contributed by atoms with van der Waals surface area (Å²) in [5.74, 6) is -1.42. The topological polar surface area (TPSA) is 83.6 Å². The van der Waals surface area contributed by atoms with Crippen LogP contribution in [0.5, 0.6) is 0 Å². The molecule has 9 heteroatoms. The number of sulfonamides is 1. The zero-order valence-electron chi connectivity index (χ0n) is 16.9. The van der Waals surface area contributed by atoms with E-state index in [0.29, 0.717) is 11.1 Å². The standard InChI is InChI=1S/C22H22ClFN2O4S/c1-13-6-7-14(12-26-21(27)16-4-2-3-5-17(16)22(26)28)10-20(13)31(29,30)25-19-9-8-15(24)11-18(19)23/h6-11,16-17,25H,2-5,12H2,1H3. The Morgan fingerprint density at radius 3 is 2.32 bits per heavy atom. The number of fused-ring (bicyclic) bond motifs is 1. The molecule has 1 N–H and O–H groups in total. The van der Waals surface area contributed by atoms with E-state index in [1.165, 1.54) is 17.0 Å². The fourth-order valence-electron chi connectivity index (χ4n) is 4.37. The van der Waals surface area contributed by atoms with Crippen molar-refractivity contribution in [2.24, 2.45) is 11.8 Å². The minimum Gasteiger partial charge on any atom is -0.278 e. The highest BCUT2D eigenvalue weighted by molar-refractivity contribution is 7.92. The van der Waals surface area contributed by atoms with Crippen LogP contribution in [-0.2, 0) is 26.2 Å². The van der Waals surface area contributed by atoms with Gasteiger partial charge in [-0.1, -0.05) is 36.6 Å². The maximum absolute atomic E-state index is 13.3. The largest absolute Gasteiger partial charge is 0.278 e. The fraction of sp³-hybridized carbons (Fsp3) is 0.364. The first-order valence-corrected chi connectivity index (χ1v) is 12.0. The van der Waals surface area contributed by atoms with E-state index in [1.807, 2.05) is 0 Å². The van der Waals surface area contributed by atoms with Gasteiger partial charge in [-0.3, -0.25) is 19.2 Å². The quantitative estimate of drug-likeness (QED) is 0.670. The van der Waals surface area contributed by atoms with Gasteiger partial charge < -0.3 is 0 Å². The summed E-state index contributed by atoms with van der Waals surface area (Å²) in [6.45, 7) is 1.68. The van der Waals surface area contributed by atoms with Gasteiger partial charge in [0.25, 0.3) is 10.0 Å². The molecule has 0 radical (unpaired) electrons. The number of nitrogens with zero attached hydrogens (tertiary/aromatic N) is 1. The Labute approximate surface area is 185 Å². The smallest absolute Gasteiger partial charge is 0.262 e. The van der Waals surface area contributed by atoms with Crippen molar-refractivity contribution in [3.05, 3.63) is 58.4 Å². The number of halogens is 2. The maximum Gasteiger partial charge on any atom is 0.262 e. The first-order valence-electron chi connectivity index (χ1n) is 10.1. The number of anilines is 1. The predicted molar refractivity (Wildman–Crippen MR) is 114 cm³/mol. The summed E-state index contributed by atoms with van der Waals surface area (Å²) in [5.41, 5.74) is 1.08. The second kappa shape index (κ2) is 8.24. The van der Waals surface area contributed by atoms with Gasteiger partial charge >= 0.3 is 0 Å². The normalized spacial score (nSPS) is 21.3. The number of aryl methyl sites for hydroxylation is 1. The Kier molecular flexibility index (Phi) is 5.79. The molecule has 0 aromatic heterocycles. The number of rotatable bonds is 5. The molecule has 6 nitrogen and oxygen atoms in total. The monoisotopic (exact) mass is 464 g/mol. The van der Waals surface area contributed by atoms with Crippen molar-refractivity contribution >= 4 is 39.1 Å². The molecule has 1 saturated carbocycles. The summed E-state index contributed by atoms with van der Waals surface area (Å²) in [7, 11) is -4.03.